The van der Waals surface area contributed by atoms with Crippen molar-refractivity contribution in [2.75, 3.05) is 30.3 Å². The maximum absolute atomic E-state index is 14.1. The van der Waals surface area contributed by atoms with Crippen molar-refractivity contribution in [1.29, 1.82) is 0 Å². The topological polar surface area (TPSA) is 171 Å². The summed E-state index contributed by atoms with van der Waals surface area (Å²) in [4.78, 5) is 31.8. The quantitative estimate of drug-likeness (QED) is 0.191. The standard InChI is InChI=1S/C36H32F2N8O5S/c1-20-9-33(51-35-27(37)3-2-4-28(35)38)42-16-31(20)46-36(39)26(15-43-46)34(47)30-10-21-11-32(25(12-29(21)44-30)22-13-40-19-41-14-22)50-24-5-7-45(8-6-24)23-17-52(48,49)18-23/h2-4,9-16,19,23-24,44H,5-8,17-18,39H2,1H3. The molecular formula is C36H32F2N8O5S. The summed E-state index contributed by atoms with van der Waals surface area (Å²) < 4.78 is 64.9. The molecule has 0 amide bonds. The predicted molar refractivity (Wildman–Crippen MR) is 187 cm³/mol. The van der Waals surface area contributed by atoms with Gasteiger partial charge in [-0.2, -0.15) is 5.10 Å². The lowest BCUT2D eigenvalue weighted by Gasteiger charge is -2.41. The van der Waals surface area contributed by atoms with Crippen molar-refractivity contribution < 1.29 is 31.5 Å². The average molecular weight is 727 g/mol. The first-order chi connectivity index (χ1) is 25.0. The van der Waals surface area contributed by atoms with E-state index in [1.807, 2.05) is 12.1 Å². The molecule has 3 N–H and O–H groups in total. The molecule has 8 rings (SSSR count). The molecular weight excluding hydrogens is 695 g/mol. The van der Waals surface area contributed by atoms with Crippen LogP contribution in [0.2, 0.25) is 0 Å². The number of aryl methyl sites for hydroxylation is 1. The van der Waals surface area contributed by atoms with Gasteiger partial charge in [-0.05, 0) is 55.7 Å². The third-order valence-electron chi connectivity index (χ3n) is 9.48. The number of aromatic amines is 1. The minimum atomic E-state index is -2.90. The van der Waals surface area contributed by atoms with E-state index in [9.17, 15) is 22.0 Å². The van der Waals surface area contributed by atoms with Crippen LogP contribution in [-0.4, -0.2) is 85.6 Å². The van der Waals surface area contributed by atoms with Crippen LogP contribution < -0.4 is 15.2 Å². The molecule has 13 nitrogen and oxygen atoms in total. The monoisotopic (exact) mass is 726 g/mol. The van der Waals surface area contributed by atoms with Gasteiger partial charge in [0, 0.05) is 59.6 Å². The minimum Gasteiger partial charge on any atom is -0.490 e. The molecule has 2 saturated heterocycles. The van der Waals surface area contributed by atoms with E-state index in [2.05, 4.69) is 29.9 Å². The van der Waals surface area contributed by atoms with E-state index < -0.39 is 33.0 Å². The number of rotatable bonds is 9. The Morgan fingerprint density at radius 2 is 1.73 bits per heavy atom. The molecule has 266 valence electrons. The Labute approximate surface area is 296 Å². The molecule has 4 aromatic heterocycles. The first-order valence-electron chi connectivity index (χ1n) is 16.5. The molecule has 16 heteroatoms. The number of carbonyl (C=O) groups excluding carboxylic acids is 1. The highest BCUT2D eigenvalue weighted by Crippen LogP contribution is 2.37. The number of ketones is 1. The number of aromatic nitrogens is 6. The van der Waals surface area contributed by atoms with Gasteiger partial charge in [0.2, 0.25) is 17.4 Å². The zero-order chi connectivity index (χ0) is 36.1. The number of fused-ring (bicyclic) bond motifs is 1. The zero-order valence-corrected chi connectivity index (χ0v) is 28.6. The SMILES string of the molecule is Cc1cc(Oc2c(F)cccc2F)ncc1-n1ncc(C(=O)c2cc3cc(OC4CCN(C5CS(=O)(=O)C5)CC4)c(-c4cncnc4)cc3[nH]2)c1N. The zero-order valence-electron chi connectivity index (χ0n) is 27.8. The summed E-state index contributed by atoms with van der Waals surface area (Å²) in [6.45, 7) is 3.22. The number of nitrogen functional groups attached to an aromatic ring is 1. The van der Waals surface area contributed by atoms with Crippen LogP contribution in [0.3, 0.4) is 0 Å². The number of benzene rings is 2. The van der Waals surface area contributed by atoms with Gasteiger partial charge in [-0.3, -0.25) is 9.69 Å². The number of carbonyl (C=O) groups is 1. The van der Waals surface area contributed by atoms with E-state index >= 15 is 0 Å². The highest BCUT2D eigenvalue weighted by atomic mass is 32.2. The summed E-state index contributed by atoms with van der Waals surface area (Å²) in [5, 5.41) is 5.08. The smallest absolute Gasteiger partial charge is 0.219 e. The van der Waals surface area contributed by atoms with Crippen LogP contribution in [0.25, 0.3) is 27.7 Å². The molecule has 2 aliphatic heterocycles. The molecule has 0 radical (unpaired) electrons. The second kappa shape index (κ2) is 13.1. The number of piperidine rings is 1. The number of sulfone groups is 1. The van der Waals surface area contributed by atoms with Gasteiger partial charge >= 0.3 is 0 Å². The van der Waals surface area contributed by atoms with Crippen molar-refractivity contribution in [3.05, 3.63) is 102 Å². The van der Waals surface area contributed by atoms with Gasteiger partial charge in [0.25, 0.3) is 0 Å². The molecule has 2 fully saturated rings. The Morgan fingerprint density at radius 1 is 1.00 bits per heavy atom. The van der Waals surface area contributed by atoms with Crippen molar-refractivity contribution in [1.82, 2.24) is 34.6 Å². The first-order valence-corrected chi connectivity index (χ1v) is 18.4. The number of anilines is 1. The number of ether oxygens (including phenoxy) is 2. The molecule has 0 atom stereocenters. The average Bonchev–Trinajstić information content (AvgIpc) is 3.72. The number of halogens is 2. The molecule has 0 unspecified atom stereocenters. The number of H-pyrrole nitrogens is 1. The summed E-state index contributed by atoms with van der Waals surface area (Å²) >= 11 is 0. The maximum Gasteiger partial charge on any atom is 0.219 e. The molecule has 52 heavy (non-hydrogen) atoms. The molecule has 6 aromatic rings. The lowest BCUT2D eigenvalue weighted by molar-refractivity contribution is 0.0828. The summed E-state index contributed by atoms with van der Waals surface area (Å²) in [6, 6.07) is 10.5. The van der Waals surface area contributed by atoms with Crippen LogP contribution in [0.4, 0.5) is 14.6 Å². The van der Waals surface area contributed by atoms with Crippen LogP contribution in [0.1, 0.15) is 34.5 Å². The fourth-order valence-corrected chi connectivity index (χ4v) is 8.18. The number of likely N-dealkylation sites (tertiary alicyclic amines) is 1. The fraction of sp³-hybridized carbons (Fsp3) is 0.250. The van der Waals surface area contributed by atoms with Crippen molar-refractivity contribution in [3.63, 3.8) is 0 Å². The Bertz CT molecular complexity index is 2410. The Hall–Kier alpha value is -5.74. The number of para-hydroxylation sites is 1. The maximum atomic E-state index is 14.1. The predicted octanol–water partition coefficient (Wildman–Crippen LogP) is 5.04. The second-order valence-corrected chi connectivity index (χ2v) is 15.1. The van der Waals surface area contributed by atoms with Gasteiger partial charge in [-0.15, -0.1) is 0 Å². The van der Waals surface area contributed by atoms with Gasteiger partial charge in [-0.25, -0.2) is 36.8 Å². The largest absolute Gasteiger partial charge is 0.490 e. The third kappa shape index (κ3) is 6.34. The number of nitrogens with two attached hydrogens (primary N) is 1. The molecule has 2 aliphatic rings. The fourth-order valence-electron chi connectivity index (χ4n) is 6.69. The van der Waals surface area contributed by atoms with Crippen LogP contribution >= 0.6 is 0 Å². The number of pyridine rings is 1. The molecule has 0 saturated carbocycles. The van der Waals surface area contributed by atoms with Crippen molar-refractivity contribution in [3.8, 4) is 34.2 Å². The second-order valence-electron chi connectivity index (χ2n) is 13.0. The van der Waals surface area contributed by atoms with Crippen molar-refractivity contribution in [2.24, 2.45) is 0 Å². The molecule has 0 aliphatic carbocycles. The summed E-state index contributed by atoms with van der Waals surface area (Å²) in [5.41, 5.74) is 10.1. The number of hydrogen-bond donors (Lipinski definition) is 2. The van der Waals surface area contributed by atoms with Gasteiger partial charge in [-0.1, -0.05) is 6.07 Å². The Balaban J connectivity index is 1.04. The van der Waals surface area contributed by atoms with Crippen LogP contribution in [0.5, 0.6) is 17.4 Å². The van der Waals surface area contributed by atoms with Crippen LogP contribution in [0.15, 0.2) is 73.6 Å². The molecule has 0 spiro atoms. The van der Waals surface area contributed by atoms with Gasteiger partial charge in [0.05, 0.1) is 40.8 Å². The summed E-state index contributed by atoms with van der Waals surface area (Å²) in [7, 11) is -2.90. The van der Waals surface area contributed by atoms with Gasteiger partial charge in [0.1, 0.15) is 24.0 Å². The highest BCUT2D eigenvalue weighted by Gasteiger charge is 2.39. The first kappa shape index (κ1) is 33.4. The third-order valence-corrected chi connectivity index (χ3v) is 11.3. The van der Waals surface area contributed by atoms with Gasteiger partial charge < -0.3 is 20.2 Å². The number of nitrogens with zero attached hydrogens (tertiary/aromatic N) is 6. The lowest BCUT2D eigenvalue weighted by Crippen LogP contribution is -2.56. The van der Waals surface area contributed by atoms with E-state index in [-0.39, 0.29) is 46.6 Å². The van der Waals surface area contributed by atoms with Crippen molar-refractivity contribution in [2.45, 2.75) is 31.9 Å². The van der Waals surface area contributed by atoms with E-state index in [4.69, 9.17) is 15.2 Å². The highest BCUT2D eigenvalue weighted by molar-refractivity contribution is 7.92. The van der Waals surface area contributed by atoms with Gasteiger partial charge in [0.15, 0.2) is 21.5 Å². The van der Waals surface area contributed by atoms with Crippen LogP contribution in [0, 0.1) is 18.6 Å². The van der Waals surface area contributed by atoms with E-state index in [0.717, 1.165) is 54.6 Å². The number of nitrogens with one attached hydrogen (secondary N) is 1. The van der Waals surface area contributed by atoms with E-state index in [1.165, 1.54) is 35.5 Å². The van der Waals surface area contributed by atoms with E-state index in [1.54, 1.807) is 25.4 Å². The molecule has 2 aromatic carbocycles. The van der Waals surface area contributed by atoms with Crippen molar-refractivity contribution >= 4 is 32.3 Å². The number of hydrogen-bond acceptors (Lipinski definition) is 11. The minimum absolute atomic E-state index is 0.0353. The summed E-state index contributed by atoms with van der Waals surface area (Å²) in [5.74, 6) is -1.60. The molecule has 6 heterocycles. The molecule has 0 bridgehead atoms. The summed E-state index contributed by atoms with van der Waals surface area (Å²) in [6.07, 6.45) is 9.00. The lowest BCUT2D eigenvalue weighted by atomic mass is 10.0. The normalized spacial score (nSPS) is 16.5. The Morgan fingerprint density at radius 3 is 2.42 bits per heavy atom. The van der Waals surface area contributed by atoms with Crippen LogP contribution in [-0.2, 0) is 9.84 Å². The van der Waals surface area contributed by atoms with E-state index in [0.29, 0.717) is 22.5 Å². The Kier molecular flexibility index (Phi) is 8.42.